The van der Waals surface area contributed by atoms with E-state index in [4.69, 9.17) is 0 Å². The number of hydrogen-bond acceptors (Lipinski definition) is 4. The van der Waals surface area contributed by atoms with Crippen LogP contribution in [-0.4, -0.2) is 38.0 Å². The van der Waals surface area contributed by atoms with E-state index in [1.165, 1.54) is 4.31 Å². The Morgan fingerprint density at radius 3 is 2.82 bits per heavy atom. The van der Waals surface area contributed by atoms with Crippen LogP contribution in [0.5, 0.6) is 0 Å². The number of hydrogen-bond donors (Lipinski definition) is 1. The fraction of sp³-hybridized carbons (Fsp3) is 0.500. The number of nitrogens with zero attached hydrogens (tertiary/aromatic N) is 1. The van der Waals surface area contributed by atoms with Crippen molar-refractivity contribution < 1.29 is 13.2 Å². The van der Waals surface area contributed by atoms with Gasteiger partial charge < -0.3 is 5.32 Å². The van der Waals surface area contributed by atoms with Crippen LogP contribution >= 0.6 is 11.3 Å². The van der Waals surface area contributed by atoms with E-state index in [0.29, 0.717) is 19.6 Å². The fourth-order valence-electron chi connectivity index (χ4n) is 1.61. The third-order valence-corrected chi connectivity index (χ3v) is 4.82. The number of amides is 1. The van der Waals surface area contributed by atoms with Crippen molar-refractivity contribution in [2.75, 3.05) is 19.3 Å². The summed E-state index contributed by atoms with van der Waals surface area (Å²) >= 11 is 1.59. The van der Waals surface area contributed by atoms with Crippen LogP contribution in [0.25, 0.3) is 0 Å². The molecule has 0 radical (unpaired) electrons. The van der Waals surface area contributed by atoms with Crippen LogP contribution in [0.2, 0.25) is 0 Å². The highest BCUT2D eigenvalue weighted by molar-refractivity contribution is 7.88. The van der Waals surface area contributed by atoms with Crippen LogP contribution in [-0.2, 0) is 21.4 Å². The second-order valence-electron chi connectivity index (χ2n) is 4.07. The van der Waals surface area contributed by atoms with E-state index in [9.17, 15) is 13.2 Å². The maximum absolute atomic E-state index is 11.7. The van der Waals surface area contributed by atoms with Gasteiger partial charge in [-0.1, -0.05) is 6.07 Å². The molecule has 1 amide bonds. The van der Waals surface area contributed by atoms with Crippen molar-refractivity contribution >= 4 is 27.3 Å². The Bertz CT molecular complexity index is 490. The molecule has 1 fully saturated rings. The zero-order valence-electron chi connectivity index (χ0n) is 9.42. The van der Waals surface area contributed by atoms with Crippen LogP contribution in [0.1, 0.15) is 4.88 Å². The lowest BCUT2D eigenvalue weighted by atomic mass is 10.0. The molecule has 0 saturated carbocycles. The molecule has 7 heteroatoms. The first-order chi connectivity index (χ1) is 7.97. The van der Waals surface area contributed by atoms with Crippen molar-refractivity contribution in [1.29, 1.82) is 0 Å². The summed E-state index contributed by atoms with van der Waals surface area (Å²) in [5.74, 6) is -0.275. The summed E-state index contributed by atoms with van der Waals surface area (Å²) in [7, 11) is -3.14. The highest BCUT2D eigenvalue weighted by Crippen LogP contribution is 2.19. The molecule has 94 valence electrons. The molecule has 1 saturated heterocycles. The number of rotatable bonds is 4. The number of carbonyl (C=O) groups is 1. The lowest BCUT2D eigenvalue weighted by Crippen LogP contribution is -2.55. The lowest BCUT2D eigenvalue weighted by molar-refractivity contribution is -0.128. The van der Waals surface area contributed by atoms with E-state index in [1.807, 2.05) is 17.5 Å². The number of thiophene rings is 1. The maximum atomic E-state index is 11.7. The van der Waals surface area contributed by atoms with E-state index in [1.54, 1.807) is 11.3 Å². The Balaban J connectivity index is 1.76. The summed E-state index contributed by atoms with van der Waals surface area (Å²) in [4.78, 5) is 12.8. The largest absolute Gasteiger partial charge is 0.351 e. The summed E-state index contributed by atoms with van der Waals surface area (Å²) in [6.45, 7) is 1.12. The van der Waals surface area contributed by atoms with Crippen molar-refractivity contribution in [3.8, 4) is 0 Å². The molecule has 2 heterocycles. The van der Waals surface area contributed by atoms with Crippen LogP contribution in [0.3, 0.4) is 0 Å². The van der Waals surface area contributed by atoms with Crippen LogP contribution in [0, 0.1) is 5.92 Å². The SMILES string of the molecule is CS(=O)(=O)N1CC(C(=O)NCc2cccs2)C1. The molecule has 0 aromatic carbocycles. The van der Waals surface area contributed by atoms with Crippen LogP contribution in [0.15, 0.2) is 17.5 Å². The van der Waals surface area contributed by atoms with Gasteiger partial charge in [-0.05, 0) is 11.4 Å². The lowest BCUT2D eigenvalue weighted by Gasteiger charge is -2.35. The van der Waals surface area contributed by atoms with Gasteiger partial charge in [0, 0.05) is 18.0 Å². The molecule has 1 aromatic rings. The first-order valence-electron chi connectivity index (χ1n) is 5.22. The van der Waals surface area contributed by atoms with Crippen molar-refractivity contribution in [3.63, 3.8) is 0 Å². The van der Waals surface area contributed by atoms with Gasteiger partial charge in [-0.3, -0.25) is 4.79 Å². The molecule has 0 unspecified atom stereocenters. The van der Waals surface area contributed by atoms with Gasteiger partial charge in [0.1, 0.15) is 0 Å². The summed E-state index contributed by atoms with van der Waals surface area (Å²) in [5.41, 5.74) is 0. The number of carbonyl (C=O) groups excluding carboxylic acids is 1. The molecule has 2 rings (SSSR count). The molecule has 0 spiro atoms. The van der Waals surface area contributed by atoms with Gasteiger partial charge in [-0.2, -0.15) is 0 Å². The van der Waals surface area contributed by atoms with Gasteiger partial charge >= 0.3 is 0 Å². The van der Waals surface area contributed by atoms with Gasteiger partial charge in [-0.15, -0.1) is 11.3 Å². The predicted molar refractivity (Wildman–Crippen MR) is 66.1 cm³/mol. The molecule has 0 aliphatic carbocycles. The van der Waals surface area contributed by atoms with Crippen LogP contribution in [0.4, 0.5) is 0 Å². The Labute approximate surface area is 104 Å². The minimum atomic E-state index is -3.14. The molecule has 1 aliphatic heterocycles. The summed E-state index contributed by atoms with van der Waals surface area (Å²) in [6.07, 6.45) is 1.16. The minimum Gasteiger partial charge on any atom is -0.351 e. The summed E-state index contributed by atoms with van der Waals surface area (Å²) in [6, 6.07) is 3.88. The van der Waals surface area contributed by atoms with Crippen LogP contribution < -0.4 is 5.32 Å². The first kappa shape index (κ1) is 12.5. The van der Waals surface area contributed by atoms with Gasteiger partial charge in [0.2, 0.25) is 15.9 Å². The van der Waals surface area contributed by atoms with E-state index in [2.05, 4.69) is 5.32 Å². The zero-order valence-corrected chi connectivity index (χ0v) is 11.1. The zero-order chi connectivity index (χ0) is 12.5. The van der Waals surface area contributed by atoms with E-state index >= 15 is 0 Å². The first-order valence-corrected chi connectivity index (χ1v) is 7.95. The molecule has 0 bridgehead atoms. The number of nitrogens with one attached hydrogen (secondary N) is 1. The van der Waals surface area contributed by atoms with Crippen molar-refractivity contribution in [1.82, 2.24) is 9.62 Å². The van der Waals surface area contributed by atoms with Crippen molar-refractivity contribution in [3.05, 3.63) is 22.4 Å². The molecule has 1 aromatic heterocycles. The topological polar surface area (TPSA) is 66.5 Å². The van der Waals surface area contributed by atoms with E-state index < -0.39 is 10.0 Å². The molecule has 0 atom stereocenters. The van der Waals surface area contributed by atoms with Gasteiger partial charge in [0.15, 0.2) is 0 Å². The van der Waals surface area contributed by atoms with E-state index in [0.717, 1.165) is 11.1 Å². The molecular weight excluding hydrogens is 260 g/mol. The van der Waals surface area contributed by atoms with Gasteiger partial charge in [-0.25, -0.2) is 12.7 Å². The molecule has 1 N–H and O–H groups in total. The maximum Gasteiger partial charge on any atom is 0.226 e. The molecule has 17 heavy (non-hydrogen) atoms. The molecular formula is C10H14N2O3S2. The van der Waals surface area contributed by atoms with E-state index in [-0.39, 0.29) is 11.8 Å². The predicted octanol–water partition coefficient (Wildman–Crippen LogP) is 0.256. The Morgan fingerprint density at radius 2 is 2.29 bits per heavy atom. The highest BCUT2D eigenvalue weighted by Gasteiger charge is 2.37. The average molecular weight is 274 g/mol. The summed E-state index contributed by atoms with van der Waals surface area (Å²) in [5, 5.41) is 4.76. The third kappa shape index (κ3) is 3.05. The fourth-order valence-corrected chi connectivity index (χ4v) is 3.15. The Morgan fingerprint density at radius 1 is 1.59 bits per heavy atom. The Hall–Kier alpha value is -0.920. The van der Waals surface area contributed by atoms with Gasteiger partial charge in [0.05, 0.1) is 18.7 Å². The van der Waals surface area contributed by atoms with Gasteiger partial charge in [0.25, 0.3) is 0 Å². The molecule has 5 nitrogen and oxygen atoms in total. The normalized spacial score (nSPS) is 17.7. The second-order valence-corrected chi connectivity index (χ2v) is 7.09. The summed E-state index contributed by atoms with van der Waals surface area (Å²) < 4.78 is 23.6. The van der Waals surface area contributed by atoms with Crippen molar-refractivity contribution in [2.24, 2.45) is 5.92 Å². The average Bonchev–Trinajstić information content (AvgIpc) is 2.61. The number of sulfonamides is 1. The smallest absolute Gasteiger partial charge is 0.226 e. The quantitative estimate of drug-likeness (QED) is 0.856. The van der Waals surface area contributed by atoms with Crippen molar-refractivity contribution in [2.45, 2.75) is 6.54 Å². The highest BCUT2D eigenvalue weighted by atomic mass is 32.2. The third-order valence-electron chi connectivity index (χ3n) is 2.70. The second kappa shape index (κ2) is 4.75. The minimum absolute atomic E-state index is 0.0710. The molecule has 1 aliphatic rings. The Kier molecular flexibility index (Phi) is 3.50. The monoisotopic (exact) mass is 274 g/mol. The standard InChI is InChI=1S/C10H14N2O3S2/c1-17(14,15)12-6-8(7-12)10(13)11-5-9-3-2-4-16-9/h2-4,8H,5-7H2,1H3,(H,11,13).